The van der Waals surface area contributed by atoms with E-state index in [-0.39, 0.29) is 0 Å². The Morgan fingerprint density at radius 2 is 2.38 bits per heavy atom. The van der Waals surface area contributed by atoms with Crippen molar-refractivity contribution < 1.29 is 14.0 Å². The fourth-order valence-corrected chi connectivity index (χ4v) is 2.13. The molecule has 0 spiro atoms. The highest BCUT2D eigenvalue weighted by atomic mass is 79.9. The van der Waals surface area contributed by atoms with Gasteiger partial charge in [-0.3, -0.25) is 10.1 Å². The highest BCUT2D eigenvalue weighted by molar-refractivity contribution is 9.09. The van der Waals surface area contributed by atoms with Crippen molar-refractivity contribution in [2.75, 3.05) is 12.4 Å². The average molecular weight is 292 g/mol. The summed E-state index contributed by atoms with van der Waals surface area (Å²) >= 11 is 3.15. The molecule has 1 aliphatic rings. The van der Waals surface area contributed by atoms with Crippen LogP contribution in [-0.2, 0) is 4.65 Å². The lowest BCUT2D eigenvalue weighted by atomic mass is 9.54. The number of hydrogen-bond acceptors (Lipinski definition) is 3. The van der Waals surface area contributed by atoms with Crippen LogP contribution in [0.3, 0.4) is 0 Å². The Balaban J connectivity index is 3.12. The van der Waals surface area contributed by atoms with Gasteiger partial charge in [0.2, 0.25) is 6.04 Å². The molecule has 0 fully saturated rings. The normalized spacial score (nSPS) is 25.9. The summed E-state index contributed by atoms with van der Waals surface area (Å²) in [5, 5.41) is 11.1. The van der Waals surface area contributed by atoms with Crippen LogP contribution in [0.25, 0.3) is 0 Å². The van der Waals surface area contributed by atoms with E-state index in [9.17, 15) is 14.5 Å². The van der Waals surface area contributed by atoms with Gasteiger partial charge in [0.05, 0.1) is 0 Å². The van der Waals surface area contributed by atoms with Crippen molar-refractivity contribution in [2.24, 2.45) is 0 Å². The SMILES string of the molecule is COB1C=C(CBr)C(F)=CC([N+](=O)[O-])C1C. The van der Waals surface area contributed by atoms with E-state index in [2.05, 4.69) is 15.9 Å². The molecule has 88 valence electrons. The quantitative estimate of drug-likeness (QED) is 0.347. The van der Waals surface area contributed by atoms with Crippen LogP contribution in [-0.4, -0.2) is 30.3 Å². The van der Waals surface area contributed by atoms with E-state index in [1.165, 1.54) is 7.11 Å². The van der Waals surface area contributed by atoms with Crippen LogP contribution in [0.1, 0.15) is 6.92 Å². The number of halogens is 2. The van der Waals surface area contributed by atoms with Gasteiger partial charge in [0.15, 0.2) is 0 Å². The smallest absolute Gasteiger partial charge is 0.329 e. The third kappa shape index (κ3) is 2.71. The number of nitro groups is 1. The summed E-state index contributed by atoms with van der Waals surface area (Å²) in [6.07, 6.45) is 1.05. The zero-order valence-electron chi connectivity index (χ0n) is 9.02. The van der Waals surface area contributed by atoms with Gasteiger partial charge in [-0.2, -0.15) is 0 Å². The van der Waals surface area contributed by atoms with E-state index in [4.69, 9.17) is 4.65 Å². The van der Waals surface area contributed by atoms with Crippen molar-refractivity contribution in [3.05, 3.63) is 33.6 Å². The molecule has 0 aliphatic carbocycles. The Morgan fingerprint density at radius 3 is 2.81 bits per heavy atom. The molecule has 0 saturated heterocycles. The van der Waals surface area contributed by atoms with Crippen molar-refractivity contribution in [3.63, 3.8) is 0 Å². The molecule has 1 aliphatic heterocycles. The van der Waals surface area contributed by atoms with Gasteiger partial charge in [0, 0.05) is 29.3 Å². The van der Waals surface area contributed by atoms with Gasteiger partial charge in [0.1, 0.15) is 5.83 Å². The molecule has 0 saturated carbocycles. The van der Waals surface area contributed by atoms with Gasteiger partial charge in [0.25, 0.3) is 0 Å². The molecule has 0 amide bonds. The molecule has 2 unspecified atom stereocenters. The summed E-state index contributed by atoms with van der Waals surface area (Å²) in [7, 11) is 1.46. The minimum Gasteiger partial charge on any atom is -0.433 e. The molecule has 1 heterocycles. The van der Waals surface area contributed by atoms with E-state index in [0.717, 1.165) is 6.08 Å². The van der Waals surface area contributed by atoms with Crippen molar-refractivity contribution in [1.82, 2.24) is 0 Å². The Bertz CT molecular complexity index is 348. The number of nitrogens with zero attached hydrogens (tertiary/aromatic N) is 1. The highest BCUT2D eigenvalue weighted by Gasteiger charge is 2.38. The van der Waals surface area contributed by atoms with E-state index >= 15 is 0 Å². The fourth-order valence-electron chi connectivity index (χ4n) is 1.68. The molecule has 0 bridgehead atoms. The summed E-state index contributed by atoms with van der Waals surface area (Å²) in [5.74, 6) is 0.640. The lowest BCUT2D eigenvalue weighted by molar-refractivity contribution is -0.509. The summed E-state index contributed by atoms with van der Waals surface area (Å²) in [5.41, 5.74) is 0.392. The third-order valence-electron chi connectivity index (χ3n) is 2.71. The lowest BCUT2D eigenvalue weighted by Gasteiger charge is -2.16. The Kier molecular flexibility index (Phi) is 4.67. The first-order valence-corrected chi connectivity index (χ1v) is 5.94. The van der Waals surface area contributed by atoms with Crippen LogP contribution in [0.2, 0.25) is 5.82 Å². The summed E-state index contributed by atoms with van der Waals surface area (Å²) in [6, 6.07) is -1.06. The first kappa shape index (κ1) is 13.4. The predicted octanol–water partition coefficient (Wildman–Crippen LogP) is 2.39. The van der Waals surface area contributed by atoms with E-state index in [1.807, 2.05) is 0 Å². The topological polar surface area (TPSA) is 52.4 Å². The first-order valence-electron chi connectivity index (χ1n) is 4.82. The molecular weight excluding hydrogens is 280 g/mol. The number of alkyl halides is 1. The number of allylic oxidation sites excluding steroid dienone is 2. The molecule has 0 radical (unpaired) electrons. The molecular formula is C9H12BBrFNO3. The maximum atomic E-state index is 13.6. The van der Waals surface area contributed by atoms with Crippen molar-refractivity contribution in [1.29, 1.82) is 0 Å². The van der Waals surface area contributed by atoms with Crippen LogP contribution in [0.4, 0.5) is 4.39 Å². The van der Waals surface area contributed by atoms with E-state index in [1.54, 1.807) is 12.9 Å². The monoisotopic (exact) mass is 291 g/mol. The zero-order chi connectivity index (χ0) is 12.3. The average Bonchev–Trinajstić information content (AvgIpc) is 2.37. The second-order valence-electron chi connectivity index (χ2n) is 3.68. The highest BCUT2D eigenvalue weighted by Crippen LogP contribution is 2.29. The summed E-state index contributed by atoms with van der Waals surface area (Å²) in [6.45, 7) is 1.23. The molecule has 0 N–H and O–H groups in total. The van der Waals surface area contributed by atoms with E-state index in [0.29, 0.717) is 10.9 Å². The number of rotatable bonds is 3. The van der Waals surface area contributed by atoms with Crippen molar-refractivity contribution >= 4 is 22.8 Å². The van der Waals surface area contributed by atoms with Crippen molar-refractivity contribution in [3.8, 4) is 0 Å². The van der Waals surface area contributed by atoms with Gasteiger partial charge >= 0.3 is 6.92 Å². The van der Waals surface area contributed by atoms with Crippen LogP contribution in [0.5, 0.6) is 0 Å². The first-order chi connectivity index (χ1) is 7.51. The van der Waals surface area contributed by atoms with Gasteiger partial charge < -0.3 is 4.65 Å². The Hall–Kier alpha value is -0.685. The number of hydrogen-bond donors (Lipinski definition) is 0. The van der Waals surface area contributed by atoms with Crippen molar-refractivity contribution in [2.45, 2.75) is 18.8 Å². The third-order valence-corrected chi connectivity index (χ3v) is 3.31. The second kappa shape index (κ2) is 5.59. The maximum absolute atomic E-state index is 13.6. The Morgan fingerprint density at radius 1 is 1.75 bits per heavy atom. The molecule has 4 nitrogen and oxygen atoms in total. The molecule has 2 atom stereocenters. The van der Waals surface area contributed by atoms with Crippen LogP contribution in [0.15, 0.2) is 23.5 Å². The van der Waals surface area contributed by atoms with Crippen LogP contribution in [0, 0.1) is 10.1 Å². The van der Waals surface area contributed by atoms with Gasteiger partial charge in [-0.1, -0.05) is 28.8 Å². The molecule has 7 heteroatoms. The van der Waals surface area contributed by atoms with Gasteiger partial charge in [-0.05, 0) is 5.57 Å². The van der Waals surface area contributed by atoms with E-state index < -0.39 is 29.5 Å². The lowest BCUT2D eigenvalue weighted by Crippen LogP contribution is -2.32. The fraction of sp³-hybridized carbons (Fsp3) is 0.556. The molecule has 0 aromatic rings. The largest absolute Gasteiger partial charge is 0.433 e. The Labute approximate surface area is 102 Å². The molecule has 0 aromatic heterocycles. The van der Waals surface area contributed by atoms with Crippen LogP contribution >= 0.6 is 15.9 Å². The predicted molar refractivity (Wildman–Crippen MR) is 64.0 cm³/mol. The summed E-state index contributed by atoms with van der Waals surface area (Å²) < 4.78 is 18.7. The molecule has 16 heavy (non-hydrogen) atoms. The minimum atomic E-state index is -1.06. The van der Waals surface area contributed by atoms with Crippen LogP contribution < -0.4 is 0 Å². The second-order valence-corrected chi connectivity index (χ2v) is 4.24. The maximum Gasteiger partial charge on any atom is 0.329 e. The standard InChI is InChI=1S/C9H12BBrFNO3/c1-6-9(13(14)15)3-8(12)7(5-11)4-10(6)16-2/h3-4,6,9H,5H2,1-2H3. The minimum absolute atomic E-state index is 0.312. The van der Waals surface area contributed by atoms with Gasteiger partial charge in [-0.25, -0.2) is 4.39 Å². The zero-order valence-corrected chi connectivity index (χ0v) is 10.6. The molecule has 0 aromatic carbocycles. The summed E-state index contributed by atoms with van der Waals surface area (Å²) in [4.78, 5) is 10.3. The molecule has 1 rings (SSSR count). The van der Waals surface area contributed by atoms with Gasteiger partial charge in [-0.15, -0.1) is 0 Å².